The lowest BCUT2D eigenvalue weighted by molar-refractivity contribution is -0.113. The Balaban J connectivity index is 1.64. The van der Waals surface area contributed by atoms with E-state index in [2.05, 4.69) is 20.3 Å². The van der Waals surface area contributed by atoms with Crippen LogP contribution in [0.25, 0.3) is 11.4 Å². The summed E-state index contributed by atoms with van der Waals surface area (Å²) in [4.78, 5) is 12.2. The molecule has 1 N–H and O–H groups in total. The van der Waals surface area contributed by atoms with E-state index in [9.17, 15) is 13.6 Å². The number of nitrogens with zero attached hydrogens (tertiary/aromatic N) is 3. The molecular formula is C17H16F2N4O3S. The number of furan rings is 1. The highest BCUT2D eigenvalue weighted by Crippen LogP contribution is 2.27. The summed E-state index contributed by atoms with van der Waals surface area (Å²) in [6, 6.07) is 7.80. The fourth-order valence-electron chi connectivity index (χ4n) is 2.38. The van der Waals surface area contributed by atoms with Crippen molar-refractivity contribution in [3.05, 3.63) is 42.4 Å². The molecule has 10 heteroatoms. The number of carbonyl (C=O) groups is 1. The molecule has 3 rings (SSSR count). The van der Waals surface area contributed by atoms with Gasteiger partial charge in [-0.2, -0.15) is 8.78 Å². The molecule has 1 amide bonds. The molecule has 27 heavy (non-hydrogen) atoms. The Hall–Kier alpha value is -2.88. The topological polar surface area (TPSA) is 82.2 Å². The van der Waals surface area contributed by atoms with Gasteiger partial charge >= 0.3 is 6.61 Å². The highest BCUT2D eigenvalue weighted by molar-refractivity contribution is 7.99. The van der Waals surface area contributed by atoms with Crippen molar-refractivity contribution in [3.63, 3.8) is 0 Å². The molecule has 0 saturated carbocycles. The highest BCUT2D eigenvalue weighted by atomic mass is 32.2. The predicted octanol–water partition coefficient (Wildman–Crippen LogP) is 3.72. The first-order chi connectivity index (χ1) is 13.0. The number of ether oxygens (including phenoxy) is 1. The summed E-state index contributed by atoms with van der Waals surface area (Å²) < 4.78 is 36.3. The first kappa shape index (κ1) is 18.9. The summed E-state index contributed by atoms with van der Waals surface area (Å²) in [5.41, 5.74) is 0.996. The van der Waals surface area contributed by atoms with Gasteiger partial charge in [0.2, 0.25) is 5.91 Å². The standard InChI is InChI=1S/C17H16F2N4O3S/c1-10-11(7-8-25-10)15-21-22-17(23(15)2)27-9-14(24)20-12-5-3-4-6-13(12)26-16(18)19/h3-8,16H,9H2,1-2H3,(H,20,24). The zero-order valence-electron chi connectivity index (χ0n) is 14.5. The third kappa shape index (κ3) is 4.45. The maximum Gasteiger partial charge on any atom is 0.387 e. The molecule has 0 aliphatic rings. The Morgan fingerprint density at radius 3 is 2.81 bits per heavy atom. The normalized spacial score (nSPS) is 11.0. The predicted molar refractivity (Wildman–Crippen MR) is 95.9 cm³/mol. The number of rotatable bonds is 7. The molecule has 142 valence electrons. The number of aromatic nitrogens is 3. The second-order valence-corrected chi connectivity index (χ2v) is 6.41. The van der Waals surface area contributed by atoms with Crippen LogP contribution in [0.1, 0.15) is 5.76 Å². The molecule has 3 aromatic rings. The van der Waals surface area contributed by atoms with Crippen LogP contribution in [0, 0.1) is 6.92 Å². The van der Waals surface area contributed by atoms with E-state index in [1.165, 1.54) is 23.9 Å². The zero-order chi connectivity index (χ0) is 19.4. The molecule has 0 radical (unpaired) electrons. The Morgan fingerprint density at radius 1 is 1.33 bits per heavy atom. The van der Waals surface area contributed by atoms with Gasteiger partial charge in [-0.25, -0.2) is 0 Å². The molecule has 0 unspecified atom stereocenters. The minimum atomic E-state index is -2.97. The third-order valence-electron chi connectivity index (χ3n) is 3.64. The SMILES string of the molecule is Cc1occc1-c1nnc(SCC(=O)Nc2ccccc2OC(F)F)n1C. The van der Waals surface area contributed by atoms with Crippen LogP contribution in [-0.2, 0) is 11.8 Å². The molecule has 0 aliphatic heterocycles. The number of hydrogen-bond donors (Lipinski definition) is 1. The van der Waals surface area contributed by atoms with E-state index in [-0.39, 0.29) is 23.1 Å². The molecule has 0 bridgehead atoms. The number of carbonyl (C=O) groups excluding carboxylic acids is 1. The minimum Gasteiger partial charge on any atom is -0.469 e. The van der Waals surface area contributed by atoms with Crippen molar-refractivity contribution in [2.24, 2.45) is 7.05 Å². The van der Waals surface area contributed by atoms with Gasteiger partial charge in [0.15, 0.2) is 11.0 Å². The lowest BCUT2D eigenvalue weighted by Crippen LogP contribution is -2.16. The van der Waals surface area contributed by atoms with E-state index in [0.717, 1.165) is 11.3 Å². The van der Waals surface area contributed by atoms with Crippen molar-refractivity contribution >= 4 is 23.4 Å². The Morgan fingerprint density at radius 2 is 2.11 bits per heavy atom. The van der Waals surface area contributed by atoms with Gasteiger partial charge in [-0.15, -0.1) is 10.2 Å². The molecule has 0 saturated heterocycles. The van der Waals surface area contributed by atoms with E-state index in [0.29, 0.717) is 11.0 Å². The van der Waals surface area contributed by atoms with Crippen molar-refractivity contribution in [1.29, 1.82) is 0 Å². The molecule has 0 atom stereocenters. The van der Waals surface area contributed by atoms with E-state index in [1.54, 1.807) is 36.1 Å². The van der Waals surface area contributed by atoms with Crippen LogP contribution in [0.5, 0.6) is 5.75 Å². The average molecular weight is 394 g/mol. The van der Waals surface area contributed by atoms with Gasteiger partial charge in [-0.05, 0) is 25.1 Å². The van der Waals surface area contributed by atoms with E-state index >= 15 is 0 Å². The van der Waals surface area contributed by atoms with Crippen LogP contribution in [0.3, 0.4) is 0 Å². The fourth-order valence-corrected chi connectivity index (χ4v) is 3.09. The number of para-hydroxylation sites is 2. The van der Waals surface area contributed by atoms with Gasteiger partial charge in [0.1, 0.15) is 11.5 Å². The van der Waals surface area contributed by atoms with Gasteiger partial charge in [0.25, 0.3) is 0 Å². The molecule has 0 fully saturated rings. The molecule has 2 heterocycles. The van der Waals surface area contributed by atoms with E-state index in [1.807, 2.05) is 6.92 Å². The van der Waals surface area contributed by atoms with Crippen molar-refractivity contribution in [2.45, 2.75) is 18.7 Å². The number of amides is 1. The number of aryl methyl sites for hydroxylation is 1. The minimum absolute atomic E-state index is 0.0271. The van der Waals surface area contributed by atoms with Crippen LogP contribution in [-0.4, -0.2) is 33.0 Å². The Kier molecular flexibility index (Phi) is 5.75. The highest BCUT2D eigenvalue weighted by Gasteiger charge is 2.16. The second-order valence-electron chi connectivity index (χ2n) is 5.47. The van der Waals surface area contributed by atoms with E-state index in [4.69, 9.17) is 4.42 Å². The van der Waals surface area contributed by atoms with Crippen molar-refractivity contribution in [3.8, 4) is 17.1 Å². The lowest BCUT2D eigenvalue weighted by atomic mass is 10.2. The smallest absolute Gasteiger partial charge is 0.387 e. The first-order valence-corrected chi connectivity index (χ1v) is 8.84. The van der Waals surface area contributed by atoms with Crippen LogP contribution >= 0.6 is 11.8 Å². The van der Waals surface area contributed by atoms with Gasteiger partial charge < -0.3 is 19.0 Å². The fraction of sp³-hybridized carbons (Fsp3) is 0.235. The lowest BCUT2D eigenvalue weighted by Gasteiger charge is -2.11. The molecule has 7 nitrogen and oxygen atoms in total. The van der Waals surface area contributed by atoms with Crippen LogP contribution in [0.15, 0.2) is 46.2 Å². The van der Waals surface area contributed by atoms with Crippen LogP contribution in [0.4, 0.5) is 14.5 Å². The number of thioether (sulfide) groups is 1. The third-order valence-corrected chi connectivity index (χ3v) is 4.66. The molecule has 1 aromatic carbocycles. The Bertz CT molecular complexity index is 942. The summed E-state index contributed by atoms with van der Waals surface area (Å²) in [6.45, 7) is -1.15. The summed E-state index contributed by atoms with van der Waals surface area (Å²) in [5, 5.41) is 11.3. The van der Waals surface area contributed by atoms with Gasteiger partial charge in [-0.3, -0.25) is 4.79 Å². The largest absolute Gasteiger partial charge is 0.469 e. The molecular weight excluding hydrogens is 378 g/mol. The van der Waals surface area contributed by atoms with Crippen molar-refractivity contribution in [1.82, 2.24) is 14.8 Å². The second kappa shape index (κ2) is 8.21. The van der Waals surface area contributed by atoms with Crippen LogP contribution in [0.2, 0.25) is 0 Å². The number of hydrogen-bond acceptors (Lipinski definition) is 6. The molecule has 2 aromatic heterocycles. The quantitative estimate of drug-likeness (QED) is 0.615. The number of anilines is 1. The average Bonchev–Trinajstić information content (AvgIpc) is 3.20. The van der Waals surface area contributed by atoms with Crippen LogP contribution < -0.4 is 10.1 Å². The number of halogens is 2. The van der Waals surface area contributed by atoms with Gasteiger partial charge in [0.05, 0.1) is 23.3 Å². The van der Waals surface area contributed by atoms with Gasteiger partial charge in [-0.1, -0.05) is 23.9 Å². The first-order valence-electron chi connectivity index (χ1n) is 7.86. The maximum atomic E-state index is 12.4. The summed E-state index contributed by atoms with van der Waals surface area (Å²) in [7, 11) is 1.79. The van der Waals surface area contributed by atoms with E-state index < -0.39 is 6.61 Å². The Labute approximate surface area is 157 Å². The molecule has 0 spiro atoms. The summed E-state index contributed by atoms with van der Waals surface area (Å²) in [5.74, 6) is 0.895. The number of benzene rings is 1. The monoisotopic (exact) mass is 394 g/mol. The number of alkyl halides is 2. The molecule has 0 aliphatic carbocycles. The number of nitrogens with one attached hydrogen (secondary N) is 1. The van der Waals surface area contributed by atoms with Gasteiger partial charge in [0, 0.05) is 7.05 Å². The maximum absolute atomic E-state index is 12.4. The van der Waals surface area contributed by atoms with Crippen molar-refractivity contribution in [2.75, 3.05) is 11.1 Å². The zero-order valence-corrected chi connectivity index (χ0v) is 15.3. The summed E-state index contributed by atoms with van der Waals surface area (Å²) in [6.07, 6.45) is 1.57. The summed E-state index contributed by atoms with van der Waals surface area (Å²) >= 11 is 1.18. The van der Waals surface area contributed by atoms with Crippen molar-refractivity contribution < 1.29 is 22.7 Å².